The molecule has 0 aliphatic carbocycles. The Hall–Kier alpha value is -1.62. The van der Waals surface area contributed by atoms with Crippen LogP contribution in [-0.2, 0) is 9.53 Å². The van der Waals surface area contributed by atoms with Gasteiger partial charge >= 0.3 is 5.97 Å². The molecule has 0 bridgehead atoms. The van der Waals surface area contributed by atoms with Gasteiger partial charge in [-0.15, -0.1) is 0 Å². The number of hydrogen-bond donors (Lipinski definition) is 1. The molecule has 0 amide bonds. The molecule has 1 aromatic carbocycles. The van der Waals surface area contributed by atoms with Gasteiger partial charge in [0.05, 0.1) is 12.5 Å². The highest BCUT2D eigenvalue weighted by Gasteiger charge is 2.28. The van der Waals surface area contributed by atoms with Crippen LogP contribution in [0.4, 0.5) is 5.69 Å². The number of piperidine rings is 1. The normalized spacial score (nSPS) is 18.0. The lowest BCUT2D eigenvalue weighted by Crippen LogP contribution is -2.44. The number of anilines is 1. The van der Waals surface area contributed by atoms with Crippen LogP contribution in [0.1, 0.15) is 30.9 Å². The summed E-state index contributed by atoms with van der Waals surface area (Å²) in [5, 5.41) is 3.97. The number of esters is 1. The lowest BCUT2D eigenvalue weighted by atomic mass is 9.98. The molecular formula is C17H24N2O2S. The van der Waals surface area contributed by atoms with Gasteiger partial charge in [-0.3, -0.25) is 4.79 Å². The third kappa shape index (κ3) is 4.44. The SMILES string of the molecule is CCOC(=O)[C@@H]1CCCN(C(=S)Nc2cc(C)cc(C)c2)C1. The standard InChI is InChI=1S/C17H24N2O2S/c1-4-21-16(20)14-6-5-7-19(11-14)17(22)18-15-9-12(2)8-13(3)10-15/h8-10,14H,4-7,11H2,1-3H3,(H,18,22)/t14-/m1/s1. The van der Waals surface area contributed by atoms with Gasteiger partial charge in [0.2, 0.25) is 0 Å². The van der Waals surface area contributed by atoms with E-state index in [1.807, 2.05) is 6.92 Å². The van der Waals surface area contributed by atoms with Crippen LogP contribution in [0.15, 0.2) is 18.2 Å². The van der Waals surface area contributed by atoms with Gasteiger partial charge in [0, 0.05) is 18.8 Å². The highest BCUT2D eigenvalue weighted by Crippen LogP contribution is 2.20. The molecule has 1 N–H and O–H groups in total. The molecule has 1 aromatic rings. The number of ether oxygens (including phenoxy) is 1. The fourth-order valence-corrected chi connectivity index (χ4v) is 3.15. The van der Waals surface area contributed by atoms with E-state index in [0.717, 1.165) is 25.1 Å². The van der Waals surface area contributed by atoms with E-state index in [2.05, 4.69) is 42.3 Å². The fourth-order valence-electron chi connectivity index (χ4n) is 2.86. The molecule has 0 radical (unpaired) electrons. The van der Waals surface area contributed by atoms with Crippen LogP contribution in [0.25, 0.3) is 0 Å². The van der Waals surface area contributed by atoms with E-state index in [-0.39, 0.29) is 11.9 Å². The Kier molecular flexibility index (Phi) is 5.77. The van der Waals surface area contributed by atoms with Crippen molar-refractivity contribution in [2.24, 2.45) is 5.92 Å². The van der Waals surface area contributed by atoms with Gasteiger partial charge in [-0.1, -0.05) is 6.07 Å². The molecule has 1 saturated heterocycles. The summed E-state index contributed by atoms with van der Waals surface area (Å²) in [6.45, 7) is 7.92. The third-order valence-electron chi connectivity index (χ3n) is 3.80. The highest BCUT2D eigenvalue weighted by molar-refractivity contribution is 7.80. The van der Waals surface area contributed by atoms with Crippen molar-refractivity contribution < 1.29 is 9.53 Å². The lowest BCUT2D eigenvalue weighted by Gasteiger charge is -2.33. The first kappa shape index (κ1) is 16.7. The molecule has 0 saturated carbocycles. The predicted octanol–water partition coefficient (Wildman–Crippen LogP) is 3.28. The second kappa shape index (κ2) is 7.58. The smallest absolute Gasteiger partial charge is 0.310 e. The van der Waals surface area contributed by atoms with E-state index in [1.54, 1.807) is 0 Å². The number of nitrogens with one attached hydrogen (secondary N) is 1. The Morgan fingerprint density at radius 3 is 2.68 bits per heavy atom. The van der Waals surface area contributed by atoms with Crippen molar-refractivity contribution in [3.8, 4) is 0 Å². The van der Waals surface area contributed by atoms with Crippen molar-refractivity contribution in [2.45, 2.75) is 33.6 Å². The number of rotatable bonds is 3. The van der Waals surface area contributed by atoms with E-state index in [0.29, 0.717) is 18.3 Å². The van der Waals surface area contributed by atoms with Crippen molar-refractivity contribution in [3.05, 3.63) is 29.3 Å². The first-order valence-corrected chi connectivity index (χ1v) is 8.21. The van der Waals surface area contributed by atoms with Gasteiger partial charge in [0.25, 0.3) is 0 Å². The molecule has 1 atom stereocenters. The molecule has 4 nitrogen and oxygen atoms in total. The maximum absolute atomic E-state index is 11.9. The third-order valence-corrected chi connectivity index (χ3v) is 4.16. The largest absolute Gasteiger partial charge is 0.466 e. The number of thiocarbonyl (C=S) groups is 1. The van der Waals surface area contributed by atoms with Gasteiger partial charge < -0.3 is 15.0 Å². The Bertz CT molecular complexity index is 539. The minimum Gasteiger partial charge on any atom is -0.466 e. The minimum absolute atomic E-state index is 0.0762. The van der Waals surface area contributed by atoms with Gasteiger partial charge in [0.1, 0.15) is 0 Å². The summed E-state index contributed by atoms with van der Waals surface area (Å²) in [5.74, 6) is -0.186. The summed E-state index contributed by atoms with van der Waals surface area (Å²) in [6, 6.07) is 6.28. The summed E-state index contributed by atoms with van der Waals surface area (Å²) >= 11 is 5.51. The van der Waals surface area contributed by atoms with Crippen molar-refractivity contribution in [1.82, 2.24) is 4.90 Å². The number of carbonyl (C=O) groups excluding carboxylic acids is 1. The van der Waals surface area contributed by atoms with Crippen LogP contribution in [-0.4, -0.2) is 35.7 Å². The minimum atomic E-state index is -0.110. The topological polar surface area (TPSA) is 41.6 Å². The second-order valence-electron chi connectivity index (χ2n) is 5.84. The molecule has 22 heavy (non-hydrogen) atoms. The van der Waals surface area contributed by atoms with Gasteiger partial charge in [-0.2, -0.15) is 0 Å². The van der Waals surface area contributed by atoms with Crippen molar-refractivity contribution in [3.63, 3.8) is 0 Å². The number of carbonyl (C=O) groups is 1. The molecule has 1 aliphatic heterocycles. The quantitative estimate of drug-likeness (QED) is 0.684. The first-order chi connectivity index (χ1) is 10.5. The van der Waals surface area contributed by atoms with E-state index in [4.69, 9.17) is 17.0 Å². The Morgan fingerprint density at radius 2 is 2.05 bits per heavy atom. The van der Waals surface area contributed by atoms with Gasteiger partial charge in [0.15, 0.2) is 5.11 Å². The molecule has 120 valence electrons. The highest BCUT2D eigenvalue weighted by atomic mass is 32.1. The fraction of sp³-hybridized carbons (Fsp3) is 0.529. The van der Waals surface area contributed by atoms with E-state index >= 15 is 0 Å². The van der Waals surface area contributed by atoms with E-state index in [1.165, 1.54) is 11.1 Å². The van der Waals surface area contributed by atoms with Crippen LogP contribution in [0, 0.1) is 19.8 Å². The maximum Gasteiger partial charge on any atom is 0.310 e. The van der Waals surface area contributed by atoms with Crippen LogP contribution in [0.5, 0.6) is 0 Å². The van der Waals surface area contributed by atoms with Gasteiger partial charge in [-0.25, -0.2) is 0 Å². The molecule has 5 heteroatoms. The van der Waals surface area contributed by atoms with Crippen LogP contribution >= 0.6 is 12.2 Å². The van der Waals surface area contributed by atoms with Crippen LogP contribution in [0.3, 0.4) is 0 Å². The van der Waals surface area contributed by atoms with E-state index in [9.17, 15) is 4.79 Å². The summed E-state index contributed by atoms with van der Waals surface area (Å²) in [5.41, 5.74) is 3.41. The summed E-state index contributed by atoms with van der Waals surface area (Å²) in [4.78, 5) is 14.0. The molecule has 0 spiro atoms. The number of hydrogen-bond acceptors (Lipinski definition) is 3. The zero-order valence-electron chi connectivity index (χ0n) is 13.5. The van der Waals surface area contributed by atoms with E-state index < -0.39 is 0 Å². The number of nitrogens with zero attached hydrogens (tertiary/aromatic N) is 1. The van der Waals surface area contributed by atoms with Crippen LogP contribution < -0.4 is 5.32 Å². The summed E-state index contributed by atoms with van der Waals surface area (Å²) < 4.78 is 5.13. The predicted molar refractivity (Wildman–Crippen MR) is 93.1 cm³/mol. The molecule has 1 heterocycles. The molecular weight excluding hydrogens is 296 g/mol. The summed E-state index contributed by atoms with van der Waals surface area (Å²) in [7, 11) is 0. The average molecular weight is 320 g/mol. The number of benzene rings is 1. The van der Waals surface area contributed by atoms with Crippen molar-refractivity contribution in [2.75, 3.05) is 25.0 Å². The lowest BCUT2D eigenvalue weighted by molar-refractivity contribution is -0.149. The average Bonchev–Trinajstić information content (AvgIpc) is 2.46. The second-order valence-corrected chi connectivity index (χ2v) is 6.23. The number of likely N-dealkylation sites (tertiary alicyclic amines) is 1. The molecule has 1 aliphatic rings. The summed E-state index contributed by atoms with van der Waals surface area (Å²) in [6.07, 6.45) is 1.83. The monoisotopic (exact) mass is 320 g/mol. The molecule has 0 aromatic heterocycles. The molecule has 0 unspecified atom stereocenters. The van der Waals surface area contributed by atoms with Crippen LogP contribution in [0.2, 0.25) is 0 Å². The van der Waals surface area contributed by atoms with Crippen molar-refractivity contribution in [1.29, 1.82) is 0 Å². The number of aryl methyl sites for hydroxylation is 2. The maximum atomic E-state index is 11.9. The molecule has 1 fully saturated rings. The van der Waals surface area contributed by atoms with Gasteiger partial charge in [-0.05, 0) is 69.1 Å². The zero-order chi connectivity index (χ0) is 16.1. The Balaban J connectivity index is 1.98. The van der Waals surface area contributed by atoms with Crippen molar-refractivity contribution >= 4 is 29.0 Å². The first-order valence-electron chi connectivity index (χ1n) is 7.80. The Morgan fingerprint density at radius 1 is 1.36 bits per heavy atom. The molecule has 2 rings (SSSR count). The Labute approximate surface area is 137 Å². The zero-order valence-corrected chi connectivity index (χ0v) is 14.3.